The lowest BCUT2D eigenvalue weighted by Gasteiger charge is -2.17. The maximum atomic E-state index is 12.5. The minimum Gasteiger partial charge on any atom is -0.497 e. The summed E-state index contributed by atoms with van der Waals surface area (Å²) in [6.45, 7) is 0.362. The van der Waals surface area contributed by atoms with Crippen LogP contribution in [0.25, 0.3) is 0 Å². The van der Waals surface area contributed by atoms with Crippen molar-refractivity contribution in [3.63, 3.8) is 0 Å². The lowest BCUT2D eigenvalue weighted by molar-refractivity contribution is -0.122. The van der Waals surface area contributed by atoms with Crippen LogP contribution in [0.15, 0.2) is 48.5 Å². The Morgan fingerprint density at radius 1 is 1.08 bits per heavy atom. The fourth-order valence-corrected chi connectivity index (χ4v) is 2.84. The minimum absolute atomic E-state index is 0.0593. The van der Waals surface area contributed by atoms with Crippen molar-refractivity contribution in [1.82, 2.24) is 0 Å². The van der Waals surface area contributed by atoms with Gasteiger partial charge in [0.2, 0.25) is 11.8 Å². The Labute approximate surface area is 146 Å². The Hall–Kier alpha value is -3.02. The molecule has 0 spiro atoms. The highest BCUT2D eigenvalue weighted by Gasteiger charge is 2.35. The van der Waals surface area contributed by atoms with Gasteiger partial charge in [-0.25, -0.2) is 0 Å². The molecule has 1 fully saturated rings. The molecule has 6 nitrogen and oxygen atoms in total. The Kier molecular flexibility index (Phi) is 4.88. The van der Waals surface area contributed by atoms with E-state index >= 15 is 0 Å². The Balaban J connectivity index is 1.67. The molecular weight excluding hydrogens is 320 g/mol. The predicted octanol–water partition coefficient (Wildman–Crippen LogP) is 2.70. The third-order valence-corrected chi connectivity index (χ3v) is 4.22. The molecular formula is C19H20N2O4. The summed E-state index contributed by atoms with van der Waals surface area (Å²) >= 11 is 0. The van der Waals surface area contributed by atoms with E-state index in [-0.39, 0.29) is 24.2 Å². The number of benzene rings is 2. The van der Waals surface area contributed by atoms with Crippen molar-refractivity contribution in [3.8, 4) is 11.5 Å². The van der Waals surface area contributed by atoms with Crippen molar-refractivity contribution >= 4 is 23.2 Å². The molecule has 0 aromatic heterocycles. The summed E-state index contributed by atoms with van der Waals surface area (Å²) in [5.74, 6) is 0.775. The summed E-state index contributed by atoms with van der Waals surface area (Å²) in [5, 5.41) is 2.85. The lowest BCUT2D eigenvalue weighted by Crippen LogP contribution is -2.28. The minimum atomic E-state index is -0.388. The normalized spacial score (nSPS) is 16.6. The number of carbonyl (C=O) groups is 2. The van der Waals surface area contributed by atoms with E-state index in [4.69, 9.17) is 9.47 Å². The highest BCUT2D eigenvalue weighted by molar-refractivity contribution is 6.03. The SMILES string of the molecule is COc1ccc(N2C[C@H](C(=O)Nc3cccc(OC)c3)CC2=O)cc1. The first-order chi connectivity index (χ1) is 12.1. The van der Waals surface area contributed by atoms with Gasteiger partial charge in [-0.2, -0.15) is 0 Å². The van der Waals surface area contributed by atoms with Crippen LogP contribution in [0, 0.1) is 5.92 Å². The van der Waals surface area contributed by atoms with Gasteiger partial charge in [-0.15, -0.1) is 0 Å². The Morgan fingerprint density at radius 3 is 2.48 bits per heavy atom. The summed E-state index contributed by atoms with van der Waals surface area (Å²) in [6.07, 6.45) is 0.196. The molecule has 25 heavy (non-hydrogen) atoms. The quantitative estimate of drug-likeness (QED) is 0.909. The largest absolute Gasteiger partial charge is 0.497 e. The van der Waals surface area contributed by atoms with Crippen molar-refractivity contribution in [3.05, 3.63) is 48.5 Å². The zero-order valence-corrected chi connectivity index (χ0v) is 14.2. The van der Waals surface area contributed by atoms with Gasteiger partial charge in [0, 0.05) is 30.4 Å². The topological polar surface area (TPSA) is 67.9 Å². The molecule has 0 radical (unpaired) electrons. The molecule has 1 aliphatic heterocycles. The van der Waals surface area contributed by atoms with E-state index in [0.717, 1.165) is 11.4 Å². The number of methoxy groups -OCH3 is 2. The smallest absolute Gasteiger partial charge is 0.229 e. The number of hydrogen-bond acceptors (Lipinski definition) is 4. The van der Waals surface area contributed by atoms with Gasteiger partial charge in [-0.05, 0) is 36.4 Å². The number of ether oxygens (including phenoxy) is 2. The highest BCUT2D eigenvalue weighted by atomic mass is 16.5. The molecule has 0 saturated carbocycles. The van der Waals surface area contributed by atoms with E-state index in [9.17, 15) is 9.59 Å². The number of carbonyl (C=O) groups excluding carboxylic acids is 2. The van der Waals surface area contributed by atoms with Crippen molar-refractivity contribution < 1.29 is 19.1 Å². The second-order valence-corrected chi connectivity index (χ2v) is 5.82. The third kappa shape index (κ3) is 3.74. The van der Waals surface area contributed by atoms with Gasteiger partial charge in [0.05, 0.1) is 20.1 Å². The van der Waals surface area contributed by atoms with Crippen LogP contribution in [0.4, 0.5) is 11.4 Å². The first kappa shape index (κ1) is 16.8. The number of nitrogens with zero attached hydrogens (tertiary/aromatic N) is 1. The molecule has 1 atom stereocenters. The molecule has 0 aliphatic carbocycles. The third-order valence-electron chi connectivity index (χ3n) is 4.22. The molecule has 0 bridgehead atoms. The van der Waals surface area contributed by atoms with E-state index in [1.54, 1.807) is 55.5 Å². The number of rotatable bonds is 5. The maximum Gasteiger partial charge on any atom is 0.229 e. The molecule has 2 aromatic carbocycles. The first-order valence-electron chi connectivity index (χ1n) is 8.00. The van der Waals surface area contributed by atoms with Crippen molar-refractivity contribution in [2.24, 2.45) is 5.92 Å². The van der Waals surface area contributed by atoms with E-state index in [2.05, 4.69) is 5.32 Å². The molecule has 2 aromatic rings. The van der Waals surface area contributed by atoms with Gasteiger partial charge in [0.1, 0.15) is 11.5 Å². The predicted molar refractivity (Wildman–Crippen MR) is 95.1 cm³/mol. The Bertz CT molecular complexity index is 773. The molecule has 1 saturated heterocycles. The molecule has 130 valence electrons. The van der Waals surface area contributed by atoms with Crippen LogP contribution in [0.2, 0.25) is 0 Å². The average Bonchev–Trinajstić information content (AvgIpc) is 3.04. The second-order valence-electron chi connectivity index (χ2n) is 5.82. The summed E-state index contributed by atoms with van der Waals surface area (Å²) in [5.41, 5.74) is 1.42. The number of amides is 2. The monoisotopic (exact) mass is 340 g/mol. The zero-order valence-electron chi connectivity index (χ0n) is 14.2. The van der Waals surface area contributed by atoms with Crippen LogP contribution in [-0.4, -0.2) is 32.6 Å². The highest BCUT2D eigenvalue weighted by Crippen LogP contribution is 2.28. The molecule has 3 rings (SSSR count). The van der Waals surface area contributed by atoms with Crippen LogP contribution in [0.5, 0.6) is 11.5 Å². The number of nitrogens with one attached hydrogen (secondary N) is 1. The van der Waals surface area contributed by atoms with Gasteiger partial charge in [-0.1, -0.05) is 6.07 Å². The van der Waals surface area contributed by atoms with Crippen LogP contribution < -0.4 is 19.7 Å². The molecule has 2 amide bonds. The summed E-state index contributed by atoms with van der Waals surface area (Å²) in [6, 6.07) is 14.4. The van der Waals surface area contributed by atoms with Gasteiger partial charge >= 0.3 is 0 Å². The second kappa shape index (κ2) is 7.25. The van der Waals surface area contributed by atoms with E-state index in [1.165, 1.54) is 0 Å². The zero-order chi connectivity index (χ0) is 17.8. The van der Waals surface area contributed by atoms with Crippen LogP contribution >= 0.6 is 0 Å². The average molecular weight is 340 g/mol. The Morgan fingerprint density at radius 2 is 1.80 bits per heavy atom. The van der Waals surface area contributed by atoms with Gasteiger partial charge in [-0.3, -0.25) is 9.59 Å². The van der Waals surface area contributed by atoms with Crippen molar-refractivity contribution in [2.75, 3.05) is 31.0 Å². The van der Waals surface area contributed by atoms with E-state index in [0.29, 0.717) is 18.0 Å². The molecule has 1 aliphatic rings. The van der Waals surface area contributed by atoms with Crippen LogP contribution in [0.3, 0.4) is 0 Å². The van der Waals surface area contributed by atoms with E-state index in [1.807, 2.05) is 12.1 Å². The van der Waals surface area contributed by atoms with Gasteiger partial charge in [0.25, 0.3) is 0 Å². The summed E-state index contributed by atoms with van der Waals surface area (Å²) in [7, 11) is 3.16. The van der Waals surface area contributed by atoms with Gasteiger partial charge in [0.15, 0.2) is 0 Å². The van der Waals surface area contributed by atoms with Crippen molar-refractivity contribution in [2.45, 2.75) is 6.42 Å². The lowest BCUT2D eigenvalue weighted by atomic mass is 10.1. The van der Waals surface area contributed by atoms with Crippen LogP contribution in [0.1, 0.15) is 6.42 Å². The summed E-state index contributed by atoms with van der Waals surface area (Å²) < 4.78 is 10.3. The molecule has 6 heteroatoms. The number of hydrogen-bond donors (Lipinski definition) is 1. The fourth-order valence-electron chi connectivity index (χ4n) is 2.84. The maximum absolute atomic E-state index is 12.5. The standard InChI is InChI=1S/C19H20N2O4/c1-24-16-8-6-15(7-9-16)21-12-13(10-18(21)22)19(23)20-14-4-3-5-17(11-14)25-2/h3-9,11,13H,10,12H2,1-2H3,(H,20,23)/t13-/m1/s1. The van der Waals surface area contributed by atoms with E-state index < -0.39 is 0 Å². The molecule has 0 unspecified atom stereocenters. The fraction of sp³-hybridized carbons (Fsp3) is 0.263. The summed E-state index contributed by atoms with van der Waals surface area (Å²) in [4.78, 5) is 26.4. The van der Waals surface area contributed by atoms with Crippen molar-refractivity contribution in [1.29, 1.82) is 0 Å². The molecule has 1 heterocycles. The first-order valence-corrected chi connectivity index (χ1v) is 8.00. The molecule has 1 N–H and O–H groups in total. The van der Waals surface area contributed by atoms with Gasteiger partial charge < -0.3 is 19.7 Å². The van der Waals surface area contributed by atoms with Crippen LogP contribution in [-0.2, 0) is 9.59 Å². The number of anilines is 2.